The summed E-state index contributed by atoms with van der Waals surface area (Å²) in [5, 5.41) is 6.53. The Morgan fingerprint density at radius 3 is 2.64 bits per heavy atom. The Hall–Kier alpha value is -2.98. The van der Waals surface area contributed by atoms with Gasteiger partial charge in [0.1, 0.15) is 0 Å². The second-order valence-electron chi connectivity index (χ2n) is 7.03. The minimum absolute atomic E-state index is 0.00550. The second kappa shape index (κ2) is 7.95. The molecule has 0 aliphatic carbocycles. The number of anilines is 1. The predicted octanol–water partition coefficient (Wildman–Crippen LogP) is 5.69. The molecule has 1 N–H and O–H groups in total. The van der Waals surface area contributed by atoms with Crippen molar-refractivity contribution in [3.63, 3.8) is 0 Å². The van der Waals surface area contributed by atoms with Gasteiger partial charge in [-0.2, -0.15) is 0 Å². The highest BCUT2D eigenvalue weighted by Crippen LogP contribution is 2.25. The first-order valence-electron chi connectivity index (χ1n) is 9.37. The third-order valence-corrected chi connectivity index (χ3v) is 5.94. The van der Waals surface area contributed by atoms with Crippen molar-refractivity contribution in [2.75, 3.05) is 5.32 Å². The van der Waals surface area contributed by atoms with Crippen molar-refractivity contribution in [2.24, 2.45) is 0 Å². The molecule has 0 saturated carbocycles. The fourth-order valence-electron chi connectivity index (χ4n) is 3.41. The van der Waals surface area contributed by atoms with Crippen LogP contribution < -0.4 is 5.32 Å². The molecule has 1 aromatic heterocycles. The lowest BCUT2D eigenvalue weighted by molar-refractivity contribution is -0.115. The average molecular weight is 387 g/mol. The molecular formula is C24H22N2OS. The van der Waals surface area contributed by atoms with Crippen molar-refractivity contribution >= 4 is 33.7 Å². The first-order chi connectivity index (χ1) is 13.6. The summed E-state index contributed by atoms with van der Waals surface area (Å²) in [5.74, 6) is -0.00550. The van der Waals surface area contributed by atoms with Gasteiger partial charge in [-0.25, -0.2) is 4.98 Å². The summed E-state index contributed by atoms with van der Waals surface area (Å²) in [4.78, 5) is 18.2. The summed E-state index contributed by atoms with van der Waals surface area (Å²) < 4.78 is 0. The van der Waals surface area contributed by atoms with E-state index in [2.05, 4.69) is 47.8 Å². The second-order valence-corrected chi connectivity index (χ2v) is 8.19. The van der Waals surface area contributed by atoms with Gasteiger partial charge in [-0.3, -0.25) is 4.79 Å². The maximum absolute atomic E-state index is 12.5. The number of nitrogens with one attached hydrogen (secondary N) is 1. The Labute approximate surface area is 169 Å². The van der Waals surface area contributed by atoms with Crippen molar-refractivity contribution in [1.29, 1.82) is 0 Å². The minimum atomic E-state index is -0.00550. The number of hydrogen-bond acceptors (Lipinski definition) is 3. The zero-order chi connectivity index (χ0) is 19.5. The third-order valence-electron chi connectivity index (χ3n) is 4.78. The molecular weight excluding hydrogens is 364 g/mol. The Balaban J connectivity index is 1.49. The molecule has 1 heterocycles. The molecule has 0 atom stereocenters. The Morgan fingerprint density at radius 1 is 1.00 bits per heavy atom. The Kier molecular flexibility index (Phi) is 5.22. The lowest BCUT2D eigenvalue weighted by Crippen LogP contribution is -2.14. The number of aryl methyl sites for hydroxylation is 2. The van der Waals surface area contributed by atoms with E-state index in [9.17, 15) is 4.79 Å². The van der Waals surface area contributed by atoms with Crippen molar-refractivity contribution in [3.05, 3.63) is 93.4 Å². The summed E-state index contributed by atoms with van der Waals surface area (Å²) >= 11 is 1.63. The third kappa shape index (κ3) is 4.12. The van der Waals surface area contributed by atoms with E-state index in [4.69, 9.17) is 4.98 Å². The van der Waals surface area contributed by atoms with E-state index in [-0.39, 0.29) is 5.91 Å². The van der Waals surface area contributed by atoms with Crippen LogP contribution >= 0.6 is 11.3 Å². The standard InChI is InChI=1S/C24H22N2OS/c1-16-7-5-11-20(13-16)26-23(27)15-22-17(2)25-24(28-22)14-19-10-6-9-18-8-3-4-12-21(18)19/h3-13H,14-15H2,1-2H3,(H,26,27). The van der Waals surface area contributed by atoms with Crippen LogP contribution in [0.25, 0.3) is 10.8 Å². The zero-order valence-corrected chi connectivity index (χ0v) is 16.8. The highest BCUT2D eigenvalue weighted by atomic mass is 32.1. The van der Waals surface area contributed by atoms with Crippen LogP contribution in [-0.2, 0) is 17.6 Å². The van der Waals surface area contributed by atoms with Gasteiger partial charge in [0.2, 0.25) is 5.91 Å². The Bertz CT molecular complexity index is 1140. The molecule has 0 radical (unpaired) electrons. The van der Waals surface area contributed by atoms with E-state index in [1.165, 1.54) is 16.3 Å². The van der Waals surface area contributed by atoms with Crippen LogP contribution in [0.15, 0.2) is 66.7 Å². The summed E-state index contributed by atoms with van der Waals surface area (Å²) in [5.41, 5.74) is 4.18. The summed E-state index contributed by atoms with van der Waals surface area (Å²) in [6.07, 6.45) is 1.14. The summed E-state index contributed by atoms with van der Waals surface area (Å²) in [6, 6.07) is 22.6. The number of benzene rings is 3. The fraction of sp³-hybridized carbons (Fsp3) is 0.167. The van der Waals surface area contributed by atoms with E-state index in [1.807, 2.05) is 38.1 Å². The number of amides is 1. The maximum Gasteiger partial charge on any atom is 0.229 e. The van der Waals surface area contributed by atoms with Gasteiger partial charge in [-0.05, 0) is 47.9 Å². The maximum atomic E-state index is 12.5. The number of fused-ring (bicyclic) bond motifs is 1. The van der Waals surface area contributed by atoms with Crippen molar-refractivity contribution in [3.8, 4) is 0 Å². The number of carbonyl (C=O) groups excluding carboxylic acids is 1. The van der Waals surface area contributed by atoms with Crippen molar-refractivity contribution < 1.29 is 4.79 Å². The SMILES string of the molecule is Cc1cccc(NC(=O)Cc2sc(Cc3cccc4ccccc34)nc2C)c1. The molecule has 0 aliphatic rings. The average Bonchev–Trinajstić information content (AvgIpc) is 3.01. The number of thiazole rings is 1. The fourth-order valence-corrected chi connectivity index (χ4v) is 4.50. The highest BCUT2D eigenvalue weighted by molar-refractivity contribution is 7.11. The largest absolute Gasteiger partial charge is 0.326 e. The van der Waals surface area contributed by atoms with E-state index >= 15 is 0 Å². The highest BCUT2D eigenvalue weighted by Gasteiger charge is 2.13. The van der Waals surface area contributed by atoms with Gasteiger partial charge in [0.15, 0.2) is 0 Å². The van der Waals surface area contributed by atoms with E-state index in [1.54, 1.807) is 11.3 Å². The molecule has 0 saturated heterocycles. The minimum Gasteiger partial charge on any atom is -0.326 e. The van der Waals surface area contributed by atoms with Crippen LogP contribution in [0.5, 0.6) is 0 Å². The molecule has 4 heteroatoms. The molecule has 28 heavy (non-hydrogen) atoms. The topological polar surface area (TPSA) is 42.0 Å². The van der Waals surface area contributed by atoms with Crippen LogP contribution in [0.4, 0.5) is 5.69 Å². The quantitative estimate of drug-likeness (QED) is 0.479. The first kappa shape index (κ1) is 18.4. The molecule has 4 rings (SSSR count). The first-order valence-corrected chi connectivity index (χ1v) is 10.2. The number of aromatic nitrogens is 1. The van der Waals surface area contributed by atoms with Crippen LogP contribution in [0.3, 0.4) is 0 Å². The van der Waals surface area contributed by atoms with Gasteiger partial charge < -0.3 is 5.32 Å². The molecule has 0 bridgehead atoms. The molecule has 140 valence electrons. The van der Waals surface area contributed by atoms with Crippen LogP contribution in [0.2, 0.25) is 0 Å². The predicted molar refractivity (Wildman–Crippen MR) is 117 cm³/mol. The van der Waals surface area contributed by atoms with Crippen molar-refractivity contribution in [2.45, 2.75) is 26.7 Å². The van der Waals surface area contributed by atoms with Gasteiger partial charge in [0, 0.05) is 17.0 Å². The zero-order valence-electron chi connectivity index (χ0n) is 16.0. The molecule has 4 aromatic rings. The van der Waals surface area contributed by atoms with Crippen LogP contribution in [0, 0.1) is 13.8 Å². The lowest BCUT2D eigenvalue weighted by atomic mass is 10.0. The molecule has 1 amide bonds. The monoisotopic (exact) mass is 386 g/mol. The molecule has 0 unspecified atom stereocenters. The van der Waals surface area contributed by atoms with Gasteiger partial charge in [-0.15, -0.1) is 11.3 Å². The van der Waals surface area contributed by atoms with Crippen molar-refractivity contribution in [1.82, 2.24) is 4.98 Å². The summed E-state index contributed by atoms with van der Waals surface area (Å²) in [6.45, 7) is 4.00. The van der Waals surface area contributed by atoms with Gasteiger partial charge in [0.05, 0.1) is 17.1 Å². The van der Waals surface area contributed by atoms with E-state index < -0.39 is 0 Å². The van der Waals surface area contributed by atoms with Gasteiger partial charge in [0.25, 0.3) is 0 Å². The normalized spacial score (nSPS) is 10.9. The number of nitrogens with zero attached hydrogens (tertiary/aromatic N) is 1. The van der Waals surface area contributed by atoms with Gasteiger partial charge >= 0.3 is 0 Å². The molecule has 3 aromatic carbocycles. The van der Waals surface area contributed by atoms with Crippen LogP contribution in [-0.4, -0.2) is 10.9 Å². The molecule has 0 aliphatic heterocycles. The number of rotatable bonds is 5. The van der Waals surface area contributed by atoms with E-state index in [0.717, 1.165) is 33.3 Å². The smallest absolute Gasteiger partial charge is 0.229 e. The summed E-state index contributed by atoms with van der Waals surface area (Å²) in [7, 11) is 0. The molecule has 3 nitrogen and oxygen atoms in total. The molecule has 0 spiro atoms. The lowest BCUT2D eigenvalue weighted by Gasteiger charge is -2.05. The van der Waals surface area contributed by atoms with E-state index in [0.29, 0.717) is 6.42 Å². The number of carbonyl (C=O) groups is 1. The number of hydrogen-bond donors (Lipinski definition) is 1. The Morgan fingerprint density at radius 2 is 1.79 bits per heavy atom. The van der Waals surface area contributed by atoms with Crippen LogP contribution in [0.1, 0.15) is 26.7 Å². The van der Waals surface area contributed by atoms with Gasteiger partial charge in [-0.1, -0.05) is 54.6 Å². The molecule has 0 fully saturated rings.